The maximum Gasteiger partial charge on any atom is 0.253 e. The van der Waals surface area contributed by atoms with Crippen LogP contribution in [0.1, 0.15) is 41.6 Å². The summed E-state index contributed by atoms with van der Waals surface area (Å²) >= 11 is 0. The number of nitrogens with two attached hydrogens (primary N) is 1. The van der Waals surface area contributed by atoms with Gasteiger partial charge in [0.2, 0.25) is 0 Å². The predicted molar refractivity (Wildman–Crippen MR) is 85.3 cm³/mol. The molecular formula is C17H25N3O. The Balaban J connectivity index is 1.64. The molecule has 2 aliphatic heterocycles. The minimum Gasteiger partial charge on any atom is -0.399 e. The van der Waals surface area contributed by atoms with Crippen molar-refractivity contribution in [2.24, 2.45) is 0 Å². The fourth-order valence-electron chi connectivity index (χ4n) is 3.50. The van der Waals surface area contributed by atoms with Gasteiger partial charge in [0.15, 0.2) is 0 Å². The van der Waals surface area contributed by atoms with Crippen molar-refractivity contribution in [3.8, 4) is 0 Å². The van der Waals surface area contributed by atoms with Gasteiger partial charge in [-0.15, -0.1) is 0 Å². The SMILES string of the molecule is Cc1cc(C(=O)N2CCC(N3CCCCC3)C2)ccc1N. The zero-order valence-electron chi connectivity index (χ0n) is 12.8. The first-order valence-corrected chi connectivity index (χ1v) is 8.04. The number of anilines is 1. The molecule has 4 nitrogen and oxygen atoms in total. The molecule has 3 rings (SSSR count). The van der Waals surface area contributed by atoms with E-state index in [9.17, 15) is 4.79 Å². The van der Waals surface area contributed by atoms with Crippen molar-refractivity contribution in [1.82, 2.24) is 9.80 Å². The summed E-state index contributed by atoms with van der Waals surface area (Å²) in [5.74, 6) is 0.151. The summed E-state index contributed by atoms with van der Waals surface area (Å²) in [5, 5.41) is 0. The number of likely N-dealkylation sites (tertiary alicyclic amines) is 2. The summed E-state index contributed by atoms with van der Waals surface area (Å²) < 4.78 is 0. The van der Waals surface area contributed by atoms with Crippen LogP contribution in [-0.4, -0.2) is 47.9 Å². The Hall–Kier alpha value is -1.55. The van der Waals surface area contributed by atoms with Crippen LogP contribution in [-0.2, 0) is 0 Å². The predicted octanol–water partition coefficient (Wildman–Crippen LogP) is 2.28. The highest BCUT2D eigenvalue weighted by atomic mass is 16.2. The third kappa shape index (κ3) is 3.05. The fourth-order valence-corrected chi connectivity index (χ4v) is 3.50. The van der Waals surface area contributed by atoms with Gasteiger partial charge in [-0.25, -0.2) is 0 Å². The maximum absolute atomic E-state index is 12.6. The number of nitrogens with zero attached hydrogens (tertiary/aromatic N) is 2. The molecule has 4 heteroatoms. The fraction of sp³-hybridized carbons (Fsp3) is 0.588. The minimum atomic E-state index is 0.151. The van der Waals surface area contributed by atoms with Crippen LogP contribution >= 0.6 is 0 Å². The number of carbonyl (C=O) groups excluding carboxylic acids is 1. The van der Waals surface area contributed by atoms with E-state index in [0.29, 0.717) is 6.04 Å². The van der Waals surface area contributed by atoms with Crippen LogP contribution in [0.5, 0.6) is 0 Å². The van der Waals surface area contributed by atoms with Crippen LogP contribution in [0.25, 0.3) is 0 Å². The van der Waals surface area contributed by atoms with E-state index in [1.165, 1.54) is 32.4 Å². The number of hydrogen-bond acceptors (Lipinski definition) is 3. The average molecular weight is 287 g/mol. The second-order valence-corrected chi connectivity index (χ2v) is 6.36. The van der Waals surface area contributed by atoms with Crippen LogP contribution in [0, 0.1) is 6.92 Å². The molecule has 114 valence electrons. The number of hydrogen-bond donors (Lipinski definition) is 1. The smallest absolute Gasteiger partial charge is 0.253 e. The molecule has 2 heterocycles. The van der Waals surface area contributed by atoms with Gasteiger partial charge in [0.25, 0.3) is 5.91 Å². The summed E-state index contributed by atoms with van der Waals surface area (Å²) in [6.45, 7) is 6.11. The van der Waals surface area contributed by atoms with Gasteiger partial charge in [-0.05, 0) is 63.0 Å². The normalized spacial score (nSPS) is 23.5. The van der Waals surface area contributed by atoms with E-state index in [2.05, 4.69) is 4.90 Å². The van der Waals surface area contributed by atoms with Gasteiger partial charge in [0.05, 0.1) is 0 Å². The van der Waals surface area contributed by atoms with Crippen molar-refractivity contribution >= 4 is 11.6 Å². The molecule has 0 bridgehead atoms. The molecule has 2 N–H and O–H groups in total. The van der Waals surface area contributed by atoms with E-state index in [1.807, 2.05) is 30.0 Å². The number of aryl methyl sites for hydroxylation is 1. The van der Waals surface area contributed by atoms with Gasteiger partial charge in [0.1, 0.15) is 0 Å². The number of rotatable bonds is 2. The standard InChI is InChI=1S/C17H25N3O/c1-13-11-14(5-6-16(13)18)17(21)20-10-7-15(12-20)19-8-3-2-4-9-19/h5-6,11,15H,2-4,7-10,12,18H2,1H3. The van der Waals surface area contributed by atoms with Crippen molar-refractivity contribution < 1.29 is 4.79 Å². The van der Waals surface area contributed by atoms with Gasteiger partial charge < -0.3 is 10.6 Å². The first kappa shape index (κ1) is 14.4. The third-order valence-corrected chi connectivity index (χ3v) is 4.87. The molecule has 2 fully saturated rings. The molecule has 1 unspecified atom stereocenters. The van der Waals surface area contributed by atoms with Gasteiger partial charge in [-0.1, -0.05) is 6.42 Å². The lowest BCUT2D eigenvalue weighted by Gasteiger charge is -2.32. The Morgan fingerprint density at radius 1 is 1.19 bits per heavy atom. The highest BCUT2D eigenvalue weighted by Gasteiger charge is 2.31. The molecule has 2 aliphatic rings. The Morgan fingerprint density at radius 2 is 1.95 bits per heavy atom. The van der Waals surface area contributed by atoms with Crippen LogP contribution in [0.2, 0.25) is 0 Å². The van der Waals surface area contributed by atoms with E-state index in [4.69, 9.17) is 5.73 Å². The van der Waals surface area contributed by atoms with Gasteiger partial charge in [-0.2, -0.15) is 0 Å². The zero-order valence-corrected chi connectivity index (χ0v) is 12.8. The Morgan fingerprint density at radius 3 is 2.67 bits per heavy atom. The van der Waals surface area contributed by atoms with Gasteiger partial charge in [0, 0.05) is 30.4 Å². The van der Waals surface area contributed by atoms with Crippen molar-refractivity contribution in [3.63, 3.8) is 0 Å². The molecule has 1 aromatic rings. The lowest BCUT2D eigenvalue weighted by molar-refractivity contribution is 0.0771. The van der Waals surface area contributed by atoms with Crippen LogP contribution in [0.3, 0.4) is 0 Å². The summed E-state index contributed by atoms with van der Waals surface area (Å²) in [4.78, 5) is 17.2. The van der Waals surface area contributed by atoms with E-state index < -0.39 is 0 Å². The van der Waals surface area contributed by atoms with Gasteiger partial charge in [-0.3, -0.25) is 9.69 Å². The second-order valence-electron chi connectivity index (χ2n) is 6.36. The lowest BCUT2D eigenvalue weighted by Crippen LogP contribution is -2.41. The molecule has 1 amide bonds. The Bertz CT molecular complexity index is 523. The molecule has 0 saturated carbocycles. The van der Waals surface area contributed by atoms with Crippen LogP contribution < -0.4 is 5.73 Å². The van der Waals surface area contributed by atoms with Crippen LogP contribution in [0.15, 0.2) is 18.2 Å². The summed E-state index contributed by atoms with van der Waals surface area (Å²) in [5.41, 5.74) is 8.32. The van der Waals surface area contributed by atoms with Gasteiger partial charge >= 0.3 is 0 Å². The lowest BCUT2D eigenvalue weighted by atomic mass is 10.1. The van der Waals surface area contributed by atoms with Crippen molar-refractivity contribution in [1.29, 1.82) is 0 Å². The molecule has 1 atom stereocenters. The molecule has 1 aromatic carbocycles. The summed E-state index contributed by atoms with van der Waals surface area (Å²) in [6.07, 6.45) is 5.08. The quantitative estimate of drug-likeness (QED) is 0.849. The third-order valence-electron chi connectivity index (χ3n) is 4.87. The Kier molecular flexibility index (Phi) is 4.15. The van der Waals surface area contributed by atoms with Crippen molar-refractivity contribution in [2.75, 3.05) is 31.9 Å². The first-order valence-electron chi connectivity index (χ1n) is 8.04. The van der Waals surface area contributed by atoms with E-state index >= 15 is 0 Å². The van der Waals surface area contributed by atoms with E-state index in [1.54, 1.807) is 0 Å². The molecule has 2 saturated heterocycles. The zero-order chi connectivity index (χ0) is 14.8. The molecule has 21 heavy (non-hydrogen) atoms. The summed E-state index contributed by atoms with van der Waals surface area (Å²) in [6, 6.07) is 6.15. The average Bonchev–Trinajstić information content (AvgIpc) is 3.00. The number of piperidine rings is 1. The largest absolute Gasteiger partial charge is 0.399 e. The van der Waals surface area contributed by atoms with Crippen molar-refractivity contribution in [2.45, 2.75) is 38.6 Å². The Labute approximate surface area is 126 Å². The molecule has 0 spiro atoms. The number of benzene rings is 1. The van der Waals surface area contributed by atoms with E-state index in [0.717, 1.165) is 36.3 Å². The minimum absolute atomic E-state index is 0.151. The maximum atomic E-state index is 12.6. The highest BCUT2D eigenvalue weighted by molar-refractivity contribution is 5.95. The topological polar surface area (TPSA) is 49.6 Å². The highest BCUT2D eigenvalue weighted by Crippen LogP contribution is 2.22. The van der Waals surface area contributed by atoms with E-state index in [-0.39, 0.29) is 5.91 Å². The summed E-state index contributed by atoms with van der Waals surface area (Å²) in [7, 11) is 0. The monoisotopic (exact) mass is 287 g/mol. The van der Waals surface area contributed by atoms with Crippen molar-refractivity contribution in [3.05, 3.63) is 29.3 Å². The second kappa shape index (κ2) is 6.06. The molecule has 0 aliphatic carbocycles. The number of carbonyl (C=O) groups is 1. The number of amides is 1. The molecule has 0 aromatic heterocycles. The van der Waals surface area contributed by atoms with Crippen LogP contribution in [0.4, 0.5) is 5.69 Å². The molecular weight excluding hydrogens is 262 g/mol. The molecule has 0 radical (unpaired) electrons. The first-order chi connectivity index (χ1) is 10.1. The number of nitrogen functional groups attached to an aromatic ring is 1.